The molecule has 0 saturated carbocycles. The van der Waals surface area contributed by atoms with Crippen molar-refractivity contribution >= 4 is 17.4 Å². The van der Waals surface area contributed by atoms with Crippen LogP contribution in [0.1, 0.15) is 59.7 Å². The van der Waals surface area contributed by atoms with Gasteiger partial charge in [-0.1, -0.05) is 20.8 Å². The summed E-state index contributed by atoms with van der Waals surface area (Å²) < 4.78 is 6.38. The molecule has 0 aliphatic rings. The number of anilines is 1. The molecule has 6 nitrogen and oxygen atoms in total. The lowest BCUT2D eigenvalue weighted by Gasteiger charge is -2.24. The van der Waals surface area contributed by atoms with Gasteiger partial charge in [-0.05, 0) is 36.1 Å². The Kier molecular flexibility index (Phi) is 4.71. The van der Waals surface area contributed by atoms with Crippen LogP contribution in [0.15, 0.2) is 24.4 Å². The van der Waals surface area contributed by atoms with Crippen molar-refractivity contribution in [3.8, 4) is 11.8 Å². The number of Topliss-reactive ketones (excluding diaryl/α,β-unsaturated/α-hetero) is 1. The summed E-state index contributed by atoms with van der Waals surface area (Å²) in [6.07, 6.45) is 1.51. The van der Waals surface area contributed by atoms with Gasteiger partial charge in [0.1, 0.15) is 6.07 Å². The summed E-state index contributed by atoms with van der Waals surface area (Å²) >= 11 is 0. The average molecular weight is 339 g/mol. The molecule has 2 N–H and O–H groups in total. The van der Waals surface area contributed by atoms with E-state index in [4.69, 9.17) is 10.5 Å². The summed E-state index contributed by atoms with van der Waals surface area (Å²) in [4.78, 5) is 24.0. The van der Waals surface area contributed by atoms with Gasteiger partial charge in [0.2, 0.25) is 0 Å². The van der Waals surface area contributed by atoms with Crippen LogP contribution in [-0.4, -0.2) is 23.4 Å². The van der Waals surface area contributed by atoms with E-state index < -0.39 is 5.97 Å². The van der Waals surface area contributed by atoms with E-state index in [1.54, 1.807) is 22.8 Å². The largest absolute Gasteiger partial charge is 0.464 e. The second-order valence-electron chi connectivity index (χ2n) is 6.82. The van der Waals surface area contributed by atoms with Crippen LogP contribution in [0, 0.1) is 11.3 Å². The summed E-state index contributed by atoms with van der Waals surface area (Å²) in [7, 11) is 1.26. The van der Waals surface area contributed by atoms with Crippen LogP contribution in [0.5, 0.6) is 0 Å². The van der Waals surface area contributed by atoms with Crippen molar-refractivity contribution in [3.63, 3.8) is 0 Å². The summed E-state index contributed by atoms with van der Waals surface area (Å²) in [6.45, 7) is 7.52. The van der Waals surface area contributed by atoms with Crippen LogP contribution >= 0.6 is 0 Å². The van der Waals surface area contributed by atoms with Gasteiger partial charge >= 0.3 is 5.97 Å². The molecule has 0 unspecified atom stereocenters. The molecule has 2 aromatic rings. The molecule has 0 atom stereocenters. The summed E-state index contributed by atoms with van der Waals surface area (Å²) in [5.41, 5.74) is 8.13. The number of aromatic nitrogens is 1. The quantitative estimate of drug-likeness (QED) is 0.684. The van der Waals surface area contributed by atoms with E-state index in [1.807, 2.05) is 26.8 Å². The highest BCUT2D eigenvalue weighted by atomic mass is 16.5. The van der Waals surface area contributed by atoms with Gasteiger partial charge in [0.15, 0.2) is 11.5 Å². The zero-order chi connectivity index (χ0) is 18.9. The van der Waals surface area contributed by atoms with E-state index >= 15 is 0 Å². The average Bonchev–Trinajstić information content (AvgIpc) is 2.89. The van der Waals surface area contributed by atoms with Crippen LogP contribution in [-0.2, 0) is 10.2 Å². The van der Waals surface area contributed by atoms with Crippen LogP contribution in [0.25, 0.3) is 5.69 Å². The Morgan fingerprint density at radius 2 is 1.92 bits per heavy atom. The summed E-state index contributed by atoms with van der Waals surface area (Å²) in [5.74, 6) is -0.676. The van der Waals surface area contributed by atoms with Crippen molar-refractivity contribution in [3.05, 3.63) is 46.8 Å². The standard InChI is InChI=1S/C19H21N3O3/c1-11(23)12-6-7-15(14(8-12)19(2,3)4)22-10-13(9-20)16(21)17(22)18(24)25-5/h6-8,10H,21H2,1-5H3. The zero-order valence-corrected chi connectivity index (χ0v) is 15.0. The number of methoxy groups -OCH3 is 1. The number of nitrogens with two attached hydrogens (primary N) is 1. The maximum atomic E-state index is 12.2. The van der Waals surface area contributed by atoms with E-state index in [0.29, 0.717) is 11.3 Å². The molecule has 1 aromatic carbocycles. The lowest BCUT2D eigenvalue weighted by atomic mass is 9.84. The third-order valence-electron chi connectivity index (χ3n) is 4.01. The van der Waals surface area contributed by atoms with Gasteiger partial charge in [-0.15, -0.1) is 0 Å². The summed E-state index contributed by atoms with van der Waals surface area (Å²) in [5, 5.41) is 9.26. The lowest BCUT2D eigenvalue weighted by molar-refractivity contribution is 0.0592. The first-order chi connectivity index (χ1) is 11.6. The Hall–Kier alpha value is -3.07. The second kappa shape index (κ2) is 6.44. The number of benzene rings is 1. The minimum atomic E-state index is -0.630. The number of nitriles is 1. The topological polar surface area (TPSA) is 98.1 Å². The number of carbonyl (C=O) groups excluding carboxylic acids is 2. The van der Waals surface area contributed by atoms with Crippen LogP contribution in [0.2, 0.25) is 0 Å². The molecule has 0 fully saturated rings. The Balaban J connectivity index is 2.85. The Morgan fingerprint density at radius 1 is 1.28 bits per heavy atom. The fraction of sp³-hybridized carbons (Fsp3) is 0.316. The highest BCUT2D eigenvalue weighted by Crippen LogP contribution is 2.33. The first-order valence-corrected chi connectivity index (χ1v) is 7.77. The van der Waals surface area contributed by atoms with Crippen molar-refractivity contribution < 1.29 is 14.3 Å². The van der Waals surface area contributed by atoms with E-state index in [-0.39, 0.29) is 28.1 Å². The lowest BCUT2D eigenvalue weighted by Crippen LogP contribution is -2.18. The van der Waals surface area contributed by atoms with Gasteiger partial charge in [-0.3, -0.25) is 4.79 Å². The number of hydrogen-bond acceptors (Lipinski definition) is 5. The first-order valence-electron chi connectivity index (χ1n) is 7.77. The minimum absolute atomic E-state index is 0.0463. The number of rotatable bonds is 3. The van der Waals surface area contributed by atoms with Crippen molar-refractivity contribution in [1.29, 1.82) is 5.26 Å². The first kappa shape index (κ1) is 18.3. The predicted molar refractivity (Wildman–Crippen MR) is 94.9 cm³/mol. The monoisotopic (exact) mass is 339 g/mol. The van der Waals surface area contributed by atoms with Crippen LogP contribution in [0.3, 0.4) is 0 Å². The van der Waals surface area contributed by atoms with Gasteiger partial charge in [-0.2, -0.15) is 5.26 Å². The Bertz CT molecular complexity index is 896. The molecular formula is C19H21N3O3. The highest BCUT2D eigenvalue weighted by Gasteiger charge is 2.26. The van der Waals surface area contributed by atoms with Gasteiger partial charge in [0.05, 0.1) is 18.4 Å². The van der Waals surface area contributed by atoms with Crippen LogP contribution < -0.4 is 5.73 Å². The molecule has 0 bridgehead atoms. The number of nitrogens with zero attached hydrogens (tertiary/aromatic N) is 2. The van der Waals surface area contributed by atoms with Gasteiger partial charge < -0.3 is 15.0 Å². The molecule has 130 valence electrons. The molecule has 0 amide bonds. The third kappa shape index (κ3) is 3.26. The molecule has 0 saturated heterocycles. The van der Waals surface area contributed by atoms with Gasteiger partial charge in [0.25, 0.3) is 0 Å². The van der Waals surface area contributed by atoms with Crippen molar-refractivity contribution in [2.75, 3.05) is 12.8 Å². The number of ketones is 1. The fourth-order valence-electron chi connectivity index (χ4n) is 2.67. The maximum absolute atomic E-state index is 12.2. The number of carbonyl (C=O) groups is 2. The maximum Gasteiger partial charge on any atom is 0.357 e. The number of nitrogen functional groups attached to an aromatic ring is 1. The van der Waals surface area contributed by atoms with E-state index in [1.165, 1.54) is 20.2 Å². The molecule has 25 heavy (non-hydrogen) atoms. The van der Waals surface area contributed by atoms with Gasteiger partial charge in [-0.25, -0.2) is 4.79 Å². The molecule has 2 rings (SSSR count). The van der Waals surface area contributed by atoms with E-state index in [9.17, 15) is 14.9 Å². The normalized spacial score (nSPS) is 11.0. The molecule has 0 aliphatic carbocycles. The van der Waals surface area contributed by atoms with Gasteiger partial charge in [0, 0.05) is 17.4 Å². The highest BCUT2D eigenvalue weighted by molar-refractivity contribution is 5.97. The molecule has 6 heteroatoms. The smallest absolute Gasteiger partial charge is 0.357 e. The van der Waals surface area contributed by atoms with Crippen LogP contribution in [0.4, 0.5) is 5.69 Å². The van der Waals surface area contributed by atoms with E-state index in [2.05, 4.69) is 0 Å². The molecule has 0 aliphatic heterocycles. The van der Waals surface area contributed by atoms with Crippen molar-refractivity contribution in [1.82, 2.24) is 4.57 Å². The molecule has 0 radical (unpaired) electrons. The van der Waals surface area contributed by atoms with E-state index in [0.717, 1.165) is 5.56 Å². The minimum Gasteiger partial charge on any atom is -0.464 e. The summed E-state index contributed by atoms with van der Waals surface area (Å²) in [6, 6.07) is 7.24. The number of ether oxygens (including phenoxy) is 1. The molecule has 1 aromatic heterocycles. The second-order valence-corrected chi connectivity index (χ2v) is 6.82. The number of hydrogen-bond donors (Lipinski definition) is 1. The SMILES string of the molecule is COC(=O)c1c(N)c(C#N)cn1-c1ccc(C(C)=O)cc1C(C)(C)C. The predicted octanol–water partition coefficient (Wildman–Crippen LogP) is 3.22. The fourth-order valence-corrected chi connectivity index (χ4v) is 2.67. The van der Waals surface area contributed by atoms with Crippen molar-refractivity contribution in [2.24, 2.45) is 0 Å². The van der Waals surface area contributed by atoms with Crippen molar-refractivity contribution in [2.45, 2.75) is 33.1 Å². The molecule has 0 spiro atoms. The third-order valence-corrected chi connectivity index (χ3v) is 4.01. The Labute approximate surface area is 146 Å². The number of esters is 1. The molecular weight excluding hydrogens is 318 g/mol. The zero-order valence-electron chi connectivity index (χ0n) is 15.0. The Morgan fingerprint density at radius 3 is 2.40 bits per heavy atom. The molecule has 1 heterocycles.